The van der Waals surface area contributed by atoms with E-state index < -0.39 is 0 Å². The average molecular weight is 357 g/mol. The quantitative estimate of drug-likeness (QED) is 0.724. The zero-order valence-electron chi connectivity index (χ0n) is 15.5. The van der Waals surface area contributed by atoms with Crippen LogP contribution in [0.15, 0.2) is 24.3 Å². The summed E-state index contributed by atoms with van der Waals surface area (Å²) in [5, 5.41) is 6.64. The van der Waals surface area contributed by atoms with Crippen LogP contribution >= 0.6 is 0 Å². The minimum atomic E-state index is -0.0151. The van der Waals surface area contributed by atoms with E-state index in [0.717, 1.165) is 38.9 Å². The SMILES string of the molecule is NC[C@H](Cc1ccc(C2CCOCC2)cc1)NC(=O)C1NC2CCC1C2. The molecule has 4 N–H and O–H groups in total. The molecule has 1 amide bonds. The molecule has 26 heavy (non-hydrogen) atoms. The lowest BCUT2D eigenvalue weighted by molar-refractivity contribution is -0.124. The van der Waals surface area contributed by atoms with E-state index in [1.54, 1.807) is 0 Å². The fourth-order valence-electron chi connectivity index (χ4n) is 4.88. The summed E-state index contributed by atoms with van der Waals surface area (Å²) in [6.07, 6.45) is 6.55. The van der Waals surface area contributed by atoms with Gasteiger partial charge in [0, 0.05) is 31.8 Å². The zero-order valence-corrected chi connectivity index (χ0v) is 15.5. The van der Waals surface area contributed by atoms with Crippen molar-refractivity contribution in [1.29, 1.82) is 0 Å². The van der Waals surface area contributed by atoms with Gasteiger partial charge in [0.15, 0.2) is 0 Å². The van der Waals surface area contributed by atoms with Gasteiger partial charge in [0.1, 0.15) is 0 Å². The largest absolute Gasteiger partial charge is 0.381 e. The maximum Gasteiger partial charge on any atom is 0.237 e. The van der Waals surface area contributed by atoms with E-state index in [0.29, 0.717) is 24.4 Å². The topological polar surface area (TPSA) is 76.4 Å². The first-order valence-electron chi connectivity index (χ1n) is 10.2. The van der Waals surface area contributed by atoms with Crippen molar-refractivity contribution >= 4 is 5.91 Å². The number of fused-ring (bicyclic) bond motifs is 2. The molecule has 3 unspecified atom stereocenters. The molecule has 5 heteroatoms. The third-order valence-electron chi connectivity index (χ3n) is 6.43. The maximum absolute atomic E-state index is 12.6. The van der Waals surface area contributed by atoms with Gasteiger partial charge in [-0.1, -0.05) is 24.3 Å². The van der Waals surface area contributed by atoms with Crippen LogP contribution in [0.1, 0.15) is 49.1 Å². The third-order valence-corrected chi connectivity index (χ3v) is 6.43. The third kappa shape index (κ3) is 3.95. The average Bonchev–Trinajstić information content (AvgIpc) is 3.32. The van der Waals surface area contributed by atoms with Gasteiger partial charge in [-0.2, -0.15) is 0 Å². The lowest BCUT2D eigenvalue weighted by atomic mass is 9.90. The first kappa shape index (κ1) is 18.0. The van der Waals surface area contributed by atoms with E-state index in [2.05, 4.69) is 34.9 Å². The summed E-state index contributed by atoms with van der Waals surface area (Å²) in [5.74, 6) is 1.26. The number of hydrogen-bond donors (Lipinski definition) is 3. The number of rotatable bonds is 6. The van der Waals surface area contributed by atoms with Gasteiger partial charge < -0.3 is 21.1 Å². The van der Waals surface area contributed by atoms with E-state index in [1.165, 1.54) is 24.0 Å². The monoisotopic (exact) mass is 357 g/mol. The van der Waals surface area contributed by atoms with E-state index in [9.17, 15) is 4.79 Å². The predicted molar refractivity (Wildman–Crippen MR) is 102 cm³/mol. The van der Waals surface area contributed by atoms with Crippen LogP contribution in [0.3, 0.4) is 0 Å². The molecule has 1 aromatic carbocycles. The minimum absolute atomic E-state index is 0.00245. The number of piperidine rings is 1. The summed E-state index contributed by atoms with van der Waals surface area (Å²) < 4.78 is 5.45. The number of hydrogen-bond acceptors (Lipinski definition) is 4. The van der Waals surface area contributed by atoms with Crippen molar-refractivity contribution in [3.63, 3.8) is 0 Å². The summed E-state index contributed by atoms with van der Waals surface area (Å²) >= 11 is 0. The van der Waals surface area contributed by atoms with Crippen LogP contribution in [-0.4, -0.2) is 43.8 Å². The predicted octanol–water partition coefficient (Wildman–Crippen LogP) is 1.71. The van der Waals surface area contributed by atoms with Crippen molar-refractivity contribution in [1.82, 2.24) is 10.6 Å². The van der Waals surface area contributed by atoms with Crippen LogP contribution in [0, 0.1) is 5.92 Å². The van der Waals surface area contributed by atoms with Gasteiger partial charge in [-0.25, -0.2) is 0 Å². The molecule has 2 bridgehead atoms. The Kier molecular flexibility index (Phi) is 5.57. The molecule has 4 rings (SSSR count). The van der Waals surface area contributed by atoms with Crippen molar-refractivity contribution in [2.75, 3.05) is 19.8 Å². The van der Waals surface area contributed by atoms with Crippen LogP contribution < -0.4 is 16.4 Å². The Morgan fingerprint density at radius 2 is 1.96 bits per heavy atom. The van der Waals surface area contributed by atoms with E-state index in [-0.39, 0.29) is 18.0 Å². The van der Waals surface area contributed by atoms with E-state index in [1.807, 2.05) is 0 Å². The molecule has 0 aromatic heterocycles. The molecular weight excluding hydrogens is 326 g/mol. The second-order valence-corrected chi connectivity index (χ2v) is 8.19. The summed E-state index contributed by atoms with van der Waals surface area (Å²) in [7, 11) is 0. The smallest absolute Gasteiger partial charge is 0.237 e. The van der Waals surface area contributed by atoms with Crippen LogP contribution in [0.5, 0.6) is 0 Å². The Bertz CT molecular complexity index is 612. The molecule has 2 heterocycles. The standard InChI is InChI=1S/C21H31N3O2/c22-13-19(24-21(25)20-17-5-6-18(12-17)23-20)11-14-1-3-15(4-2-14)16-7-9-26-10-8-16/h1-4,16-20,23H,5-13,22H2,(H,24,25)/t17?,18?,19-,20?/m0/s1. The number of carbonyl (C=O) groups excluding carboxylic acids is 1. The fourth-order valence-corrected chi connectivity index (χ4v) is 4.88. The van der Waals surface area contributed by atoms with Crippen LogP contribution in [-0.2, 0) is 16.0 Å². The fraction of sp³-hybridized carbons (Fsp3) is 0.667. The molecule has 1 saturated carbocycles. The summed E-state index contributed by atoms with van der Waals surface area (Å²) in [6, 6.07) is 9.38. The summed E-state index contributed by atoms with van der Waals surface area (Å²) in [4.78, 5) is 12.6. The molecule has 4 atom stereocenters. The number of amides is 1. The molecule has 0 radical (unpaired) electrons. The first-order chi connectivity index (χ1) is 12.7. The van der Waals surface area contributed by atoms with Crippen molar-refractivity contribution in [3.8, 4) is 0 Å². The van der Waals surface area contributed by atoms with Gasteiger partial charge in [0.2, 0.25) is 5.91 Å². The van der Waals surface area contributed by atoms with Crippen LogP contribution in [0.4, 0.5) is 0 Å². The number of benzene rings is 1. The molecule has 3 aliphatic rings. The molecule has 5 nitrogen and oxygen atoms in total. The van der Waals surface area contributed by atoms with Crippen molar-refractivity contribution in [3.05, 3.63) is 35.4 Å². The van der Waals surface area contributed by atoms with Gasteiger partial charge in [-0.05, 0) is 61.5 Å². The molecule has 0 spiro atoms. The normalized spacial score (nSPS) is 29.7. The van der Waals surface area contributed by atoms with Crippen LogP contribution in [0.2, 0.25) is 0 Å². The van der Waals surface area contributed by atoms with Crippen molar-refractivity contribution in [2.24, 2.45) is 11.7 Å². The second kappa shape index (κ2) is 8.07. The molecule has 142 valence electrons. The lowest BCUT2D eigenvalue weighted by Crippen LogP contribution is -2.52. The highest BCUT2D eigenvalue weighted by molar-refractivity contribution is 5.83. The Labute approximate surface area is 156 Å². The summed E-state index contributed by atoms with van der Waals surface area (Å²) in [6.45, 7) is 2.20. The molecule has 1 aliphatic carbocycles. The van der Waals surface area contributed by atoms with Gasteiger partial charge >= 0.3 is 0 Å². The molecule has 1 aromatic rings. The molecule has 2 saturated heterocycles. The first-order valence-corrected chi connectivity index (χ1v) is 10.2. The van der Waals surface area contributed by atoms with Crippen LogP contribution in [0.25, 0.3) is 0 Å². The Balaban J connectivity index is 1.32. The molecule has 3 fully saturated rings. The molecular formula is C21H31N3O2. The second-order valence-electron chi connectivity index (χ2n) is 8.19. The highest BCUT2D eigenvalue weighted by Gasteiger charge is 2.42. The maximum atomic E-state index is 12.6. The van der Waals surface area contributed by atoms with Gasteiger partial charge in [0.05, 0.1) is 6.04 Å². The highest BCUT2D eigenvalue weighted by Crippen LogP contribution is 2.35. The summed E-state index contributed by atoms with van der Waals surface area (Å²) in [5.41, 5.74) is 8.57. The highest BCUT2D eigenvalue weighted by atomic mass is 16.5. The zero-order chi connectivity index (χ0) is 17.9. The number of nitrogens with one attached hydrogen (secondary N) is 2. The van der Waals surface area contributed by atoms with Gasteiger partial charge in [0.25, 0.3) is 0 Å². The number of nitrogens with two attached hydrogens (primary N) is 1. The Morgan fingerprint density at radius 3 is 2.58 bits per heavy atom. The molecule has 2 aliphatic heterocycles. The minimum Gasteiger partial charge on any atom is -0.381 e. The Hall–Kier alpha value is -1.43. The van der Waals surface area contributed by atoms with E-state index >= 15 is 0 Å². The van der Waals surface area contributed by atoms with E-state index in [4.69, 9.17) is 10.5 Å². The number of carbonyl (C=O) groups is 1. The lowest BCUT2D eigenvalue weighted by Gasteiger charge is -2.25. The Morgan fingerprint density at radius 1 is 1.19 bits per heavy atom. The number of ether oxygens (including phenoxy) is 1. The van der Waals surface area contributed by atoms with Gasteiger partial charge in [-0.3, -0.25) is 4.79 Å². The van der Waals surface area contributed by atoms with Gasteiger partial charge in [-0.15, -0.1) is 0 Å². The van der Waals surface area contributed by atoms with Crippen molar-refractivity contribution < 1.29 is 9.53 Å². The van der Waals surface area contributed by atoms with Crippen molar-refractivity contribution in [2.45, 2.75) is 62.6 Å².